The van der Waals surface area contributed by atoms with E-state index in [2.05, 4.69) is 6.58 Å². The fourth-order valence-corrected chi connectivity index (χ4v) is 2.75. The molecule has 6 heteroatoms. The number of nitrogens with zero attached hydrogens (tertiary/aromatic N) is 2. The maximum absolute atomic E-state index is 12.7. The van der Waals surface area contributed by atoms with E-state index in [9.17, 15) is 14.4 Å². The molecule has 0 spiro atoms. The molecule has 2 amide bonds. The van der Waals surface area contributed by atoms with Gasteiger partial charge >= 0.3 is 0 Å². The van der Waals surface area contributed by atoms with Crippen molar-refractivity contribution in [1.82, 2.24) is 4.90 Å². The van der Waals surface area contributed by atoms with E-state index in [1.807, 2.05) is 0 Å². The highest BCUT2D eigenvalue weighted by atomic mass is 16.5. The largest absolute Gasteiger partial charge is 0.479 e. The number of anilines is 1. The van der Waals surface area contributed by atoms with E-state index in [0.717, 1.165) is 0 Å². The molecule has 1 heterocycles. The van der Waals surface area contributed by atoms with E-state index in [1.54, 1.807) is 45.2 Å². The van der Waals surface area contributed by atoms with Gasteiger partial charge in [-0.1, -0.05) is 6.08 Å². The molecular weight excluding hydrogens is 308 g/mol. The van der Waals surface area contributed by atoms with Crippen molar-refractivity contribution in [1.29, 1.82) is 0 Å². The molecule has 0 saturated carbocycles. The molecular formula is C18H22N2O4. The van der Waals surface area contributed by atoms with Crippen LogP contribution in [0, 0.1) is 0 Å². The molecule has 0 aromatic heterocycles. The number of rotatable bonds is 5. The first-order valence-electron chi connectivity index (χ1n) is 7.78. The zero-order chi connectivity index (χ0) is 18.0. The maximum atomic E-state index is 12.7. The predicted molar refractivity (Wildman–Crippen MR) is 91.3 cm³/mol. The van der Waals surface area contributed by atoms with Crippen molar-refractivity contribution in [2.24, 2.45) is 0 Å². The van der Waals surface area contributed by atoms with Gasteiger partial charge in [0.25, 0.3) is 5.91 Å². The average molecular weight is 330 g/mol. The van der Waals surface area contributed by atoms with Crippen molar-refractivity contribution < 1.29 is 19.1 Å². The van der Waals surface area contributed by atoms with Crippen LogP contribution in [0.1, 0.15) is 31.1 Å². The molecule has 1 aliphatic rings. The summed E-state index contributed by atoms with van der Waals surface area (Å²) in [5.41, 5.74) is 0.976. The predicted octanol–water partition coefficient (Wildman–Crippen LogP) is 2.04. The van der Waals surface area contributed by atoms with Crippen LogP contribution in [0.3, 0.4) is 0 Å². The standard InChI is InChI=1S/C18H22N2O4/c1-6-9-20(13(4)21)11(2)17(22)14-7-8-16-15(10-14)19(5)18(23)12(3)24-16/h6-8,10-12H,1,9H2,2-5H3. The van der Waals surface area contributed by atoms with E-state index in [1.165, 1.54) is 16.7 Å². The van der Waals surface area contributed by atoms with Gasteiger partial charge in [0.15, 0.2) is 11.9 Å². The Morgan fingerprint density at radius 1 is 1.46 bits per heavy atom. The van der Waals surface area contributed by atoms with Gasteiger partial charge in [0.1, 0.15) is 5.75 Å². The van der Waals surface area contributed by atoms with Crippen molar-refractivity contribution >= 4 is 23.3 Å². The highest BCUT2D eigenvalue weighted by Gasteiger charge is 2.30. The summed E-state index contributed by atoms with van der Waals surface area (Å²) in [4.78, 5) is 39.4. The van der Waals surface area contributed by atoms with Gasteiger partial charge < -0.3 is 14.5 Å². The van der Waals surface area contributed by atoms with Crippen molar-refractivity contribution in [3.63, 3.8) is 0 Å². The van der Waals surface area contributed by atoms with Gasteiger partial charge in [-0.2, -0.15) is 0 Å². The average Bonchev–Trinajstić information content (AvgIpc) is 2.56. The van der Waals surface area contributed by atoms with Crippen LogP contribution in [0.4, 0.5) is 5.69 Å². The zero-order valence-corrected chi connectivity index (χ0v) is 14.4. The second-order valence-corrected chi connectivity index (χ2v) is 5.84. The second-order valence-electron chi connectivity index (χ2n) is 5.84. The van der Waals surface area contributed by atoms with Gasteiger partial charge in [-0.05, 0) is 32.0 Å². The number of amides is 2. The fourth-order valence-electron chi connectivity index (χ4n) is 2.75. The number of carbonyl (C=O) groups is 3. The molecule has 0 fully saturated rings. The van der Waals surface area contributed by atoms with Crippen LogP contribution in [-0.2, 0) is 9.59 Å². The normalized spacial score (nSPS) is 17.6. The minimum atomic E-state index is -0.622. The van der Waals surface area contributed by atoms with Gasteiger partial charge in [0, 0.05) is 26.1 Å². The lowest BCUT2D eigenvalue weighted by Gasteiger charge is -2.31. The monoisotopic (exact) mass is 330 g/mol. The SMILES string of the molecule is C=CCN(C(C)=O)C(C)C(=O)c1ccc2c(c1)N(C)C(=O)C(C)O2. The molecule has 0 N–H and O–H groups in total. The molecule has 1 aromatic rings. The molecule has 1 aromatic carbocycles. The lowest BCUT2D eigenvalue weighted by molar-refractivity contribution is -0.129. The Kier molecular flexibility index (Phi) is 5.07. The van der Waals surface area contributed by atoms with E-state index in [4.69, 9.17) is 4.74 Å². The third-order valence-electron chi connectivity index (χ3n) is 4.16. The first-order chi connectivity index (χ1) is 11.3. The topological polar surface area (TPSA) is 66.9 Å². The quantitative estimate of drug-likeness (QED) is 0.612. The molecule has 2 rings (SSSR count). The Morgan fingerprint density at radius 3 is 2.71 bits per heavy atom. The number of ketones is 1. The Morgan fingerprint density at radius 2 is 2.12 bits per heavy atom. The number of ether oxygens (including phenoxy) is 1. The molecule has 0 radical (unpaired) electrons. The van der Waals surface area contributed by atoms with Crippen LogP contribution in [-0.4, -0.2) is 48.2 Å². The lowest BCUT2D eigenvalue weighted by Crippen LogP contribution is -2.43. The molecule has 2 unspecified atom stereocenters. The minimum absolute atomic E-state index is 0.169. The van der Waals surface area contributed by atoms with Gasteiger partial charge in [-0.15, -0.1) is 6.58 Å². The third kappa shape index (κ3) is 3.18. The van der Waals surface area contributed by atoms with Crippen LogP contribution in [0.15, 0.2) is 30.9 Å². The number of Topliss-reactive ketones (excluding diaryl/α,β-unsaturated/α-hetero) is 1. The number of hydrogen-bond acceptors (Lipinski definition) is 4. The first-order valence-corrected chi connectivity index (χ1v) is 7.78. The van der Waals surface area contributed by atoms with E-state index in [-0.39, 0.29) is 17.6 Å². The number of likely N-dealkylation sites (N-methyl/N-ethyl adjacent to an activating group) is 1. The summed E-state index contributed by atoms with van der Waals surface area (Å²) in [6.07, 6.45) is 1.03. The van der Waals surface area contributed by atoms with Crippen LogP contribution in [0.25, 0.3) is 0 Å². The summed E-state index contributed by atoms with van der Waals surface area (Å²) in [7, 11) is 1.65. The van der Waals surface area contributed by atoms with Gasteiger partial charge in [-0.25, -0.2) is 0 Å². The zero-order valence-electron chi connectivity index (χ0n) is 14.4. The van der Waals surface area contributed by atoms with E-state index >= 15 is 0 Å². The van der Waals surface area contributed by atoms with Crippen molar-refractivity contribution in [2.75, 3.05) is 18.5 Å². The van der Waals surface area contributed by atoms with Crippen LogP contribution in [0.5, 0.6) is 5.75 Å². The highest BCUT2D eigenvalue weighted by molar-refractivity contribution is 6.05. The van der Waals surface area contributed by atoms with Crippen molar-refractivity contribution in [3.05, 3.63) is 36.4 Å². The van der Waals surface area contributed by atoms with Crippen LogP contribution in [0.2, 0.25) is 0 Å². The lowest BCUT2D eigenvalue weighted by atomic mass is 10.0. The smallest absolute Gasteiger partial charge is 0.267 e. The van der Waals surface area contributed by atoms with Crippen LogP contribution < -0.4 is 9.64 Å². The Labute approximate surface area is 141 Å². The number of carbonyl (C=O) groups excluding carboxylic acids is 3. The third-order valence-corrected chi connectivity index (χ3v) is 4.16. The molecule has 24 heavy (non-hydrogen) atoms. The van der Waals surface area contributed by atoms with Crippen LogP contribution >= 0.6 is 0 Å². The molecule has 0 bridgehead atoms. The van der Waals surface area contributed by atoms with Gasteiger partial charge in [0.2, 0.25) is 5.91 Å². The summed E-state index contributed by atoms with van der Waals surface area (Å²) in [5, 5.41) is 0. The summed E-state index contributed by atoms with van der Waals surface area (Å²) >= 11 is 0. The second kappa shape index (κ2) is 6.86. The Hall–Kier alpha value is -2.63. The molecule has 1 aliphatic heterocycles. The summed E-state index contributed by atoms with van der Waals surface area (Å²) < 4.78 is 5.55. The molecule has 2 atom stereocenters. The van der Waals surface area contributed by atoms with Gasteiger partial charge in [-0.3, -0.25) is 14.4 Å². The van der Waals surface area contributed by atoms with Crippen molar-refractivity contribution in [2.45, 2.75) is 32.9 Å². The molecule has 0 aliphatic carbocycles. The molecule has 6 nitrogen and oxygen atoms in total. The molecule has 0 saturated heterocycles. The number of hydrogen-bond donors (Lipinski definition) is 0. The van der Waals surface area contributed by atoms with Crippen molar-refractivity contribution in [3.8, 4) is 5.75 Å². The fraction of sp³-hybridized carbons (Fsp3) is 0.389. The molecule has 128 valence electrons. The maximum Gasteiger partial charge on any atom is 0.267 e. The Balaban J connectivity index is 2.33. The number of fused-ring (bicyclic) bond motifs is 1. The summed E-state index contributed by atoms with van der Waals surface area (Å²) in [6.45, 7) is 8.69. The van der Waals surface area contributed by atoms with Gasteiger partial charge in [0.05, 0.1) is 11.7 Å². The highest BCUT2D eigenvalue weighted by Crippen LogP contribution is 2.34. The number of benzene rings is 1. The van der Waals surface area contributed by atoms with E-state index < -0.39 is 12.1 Å². The Bertz CT molecular complexity index is 698. The van der Waals surface area contributed by atoms with E-state index in [0.29, 0.717) is 23.5 Å². The first kappa shape index (κ1) is 17.7. The summed E-state index contributed by atoms with van der Waals surface area (Å²) in [5.74, 6) is -0.00651. The summed E-state index contributed by atoms with van der Waals surface area (Å²) in [6, 6.07) is 4.34. The minimum Gasteiger partial charge on any atom is -0.479 e.